The highest BCUT2D eigenvalue weighted by Gasteiger charge is 2.17. The van der Waals surface area contributed by atoms with E-state index in [2.05, 4.69) is 58.4 Å². The summed E-state index contributed by atoms with van der Waals surface area (Å²) in [7, 11) is 1.50. The van der Waals surface area contributed by atoms with Crippen molar-refractivity contribution in [2.75, 3.05) is 7.11 Å². The molecule has 2 N–H and O–H groups in total. The van der Waals surface area contributed by atoms with E-state index >= 15 is 0 Å². The standard InChI is InChI=1S/C20H15Br3N2O3S/c1-27-18-15(8-13(22)9-16(18)23)19(26)25-20(29)24-10-14-6-7-17(28-14)11-2-4-12(21)5-3-11/h2-9H,10H2,1H3,(H2,24,25,26,29). The fraction of sp³-hybridized carbons (Fsp3) is 0.100. The van der Waals surface area contributed by atoms with Gasteiger partial charge < -0.3 is 14.5 Å². The van der Waals surface area contributed by atoms with Crippen LogP contribution < -0.4 is 15.4 Å². The number of thiocarbonyl (C=S) groups is 1. The molecule has 0 aliphatic heterocycles. The largest absolute Gasteiger partial charge is 0.495 e. The number of rotatable bonds is 5. The maximum atomic E-state index is 12.6. The Morgan fingerprint density at radius 1 is 1.07 bits per heavy atom. The Morgan fingerprint density at radius 2 is 1.79 bits per heavy atom. The molecule has 0 aliphatic carbocycles. The summed E-state index contributed by atoms with van der Waals surface area (Å²) in [6.07, 6.45) is 0. The third-order valence-electron chi connectivity index (χ3n) is 3.90. The van der Waals surface area contributed by atoms with Gasteiger partial charge in [-0.3, -0.25) is 10.1 Å². The van der Waals surface area contributed by atoms with Crippen LogP contribution in [0.2, 0.25) is 0 Å². The van der Waals surface area contributed by atoms with Crippen molar-refractivity contribution in [2.45, 2.75) is 6.54 Å². The average Bonchev–Trinajstić information content (AvgIpc) is 3.15. The number of methoxy groups -OCH3 is 1. The first-order chi connectivity index (χ1) is 13.9. The molecule has 0 saturated heterocycles. The number of carbonyl (C=O) groups is 1. The van der Waals surface area contributed by atoms with Crippen molar-refractivity contribution < 1.29 is 13.9 Å². The lowest BCUT2D eigenvalue weighted by molar-refractivity contribution is 0.0973. The SMILES string of the molecule is COc1c(Br)cc(Br)cc1C(=O)NC(=S)NCc1ccc(-c2ccc(Br)cc2)o1. The van der Waals surface area contributed by atoms with Crippen LogP contribution in [-0.4, -0.2) is 18.1 Å². The Hall–Kier alpha value is -1.68. The summed E-state index contributed by atoms with van der Waals surface area (Å²) in [5.41, 5.74) is 1.33. The normalized spacial score (nSPS) is 10.5. The molecule has 1 heterocycles. The summed E-state index contributed by atoms with van der Waals surface area (Å²) in [4.78, 5) is 12.6. The number of ether oxygens (including phenoxy) is 1. The van der Waals surface area contributed by atoms with Gasteiger partial charge in [-0.05, 0) is 64.5 Å². The molecule has 29 heavy (non-hydrogen) atoms. The molecule has 5 nitrogen and oxygen atoms in total. The maximum absolute atomic E-state index is 12.6. The molecule has 9 heteroatoms. The molecule has 3 rings (SSSR count). The first-order valence-corrected chi connectivity index (χ1v) is 11.1. The fourth-order valence-electron chi connectivity index (χ4n) is 2.56. The monoisotopic (exact) mass is 600 g/mol. The highest BCUT2D eigenvalue weighted by atomic mass is 79.9. The quantitative estimate of drug-likeness (QED) is 0.348. The molecule has 0 aliphatic rings. The first-order valence-electron chi connectivity index (χ1n) is 8.34. The first kappa shape index (κ1) is 22.0. The van der Waals surface area contributed by atoms with Crippen LogP contribution in [0.1, 0.15) is 16.1 Å². The average molecular weight is 603 g/mol. The minimum absolute atomic E-state index is 0.190. The third kappa shape index (κ3) is 5.69. The predicted molar refractivity (Wildman–Crippen MR) is 127 cm³/mol. The van der Waals surface area contributed by atoms with E-state index in [9.17, 15) is 4.79 Å². The molecule has 0 spiro atoms. The number of hydrogen-bond donors (Lipinski definition) is 2. The zero-order chi connectivity index (χ0) is 21.0. The van der Waals surface area contributed by atoms with E-state index in [1.165, 1.54) is 7.11 Å². The second-order valence-corrected chi connectivity index (χ2v) is 8.97. The topological polar surface area (TPSA) is 63.5 Å². The van der Waals surface area contributed by atoms with Crippen molar-refractivity contribution in [1.82, 2.24) is 10.6 Å². The third-order valence-corrected chi connectivity index (χ3v) is 5.72. The fourth-order valence-corrected chi connectivity index (χ4v) is 4.38. The van der Waals surface area contributed by atoms with Crippen LogP contribution in [0.15, 0.2) is 66.4 Å². The molecule has 0 fully saturated rings. The van der Waals surface area contributed by atoms with E-state index in [-0.39, 0.29) is 11.0 Å². The van der Waals surface area contributed by atoms with Crippen molar-refractivity contribution in [2.24, 2.45) is 0 Å². The van der Waals surface area contributed by atoms with Crippen molar-refractivity contribution in [3.8, 4) is 17.1 Å². The van der Waals surface area contributed by atoms with Crippen LogP contribution in [0, 0.1) is 0 Å². The zero-order valence-electron chi connectivity index (χ0n) is 15.1. The van der Waals surface area contributed by atoms with Gasteiger partial charge in [0.15, 0.2) is 5.11 Å². The number of benzene rings is 2. The van der Waals surface area contributed by atoms with Gasteiger partial charge in [-0.1, -0.05) is 44.0 Å². The van der Waals surface area contributed by atoms with Gasteiger partial charge in [0.2, 0.25) is 0 Å². The molecule has 150 valence electrons. The number of furan rings is 1. The van der Waals surface area contributed by atoms with Gasteiger partial charge >= 0.3 is 0 Å². The van der Waals surface area contributed by atoms with Crippen LogP contribution >= 0.6 is 60.0 Å². The molecule has 0 bridgehead atoms. The summed E-state index contributed by atoms with van der Waals surface area (Å²) in [5.74, 6) is 1.50. The summed E-state index contributed by atoms with van der Waals surface area (Å²) >= 11 is 15.4. The second-order valence-electron chi connectivity index (χ2n) is 5.88. The lowest BCUT2D eigenvalue weighted by Crippen LogP contribution is -2.39. The molecular weight excluding hydrogens is 588 g/mol. The van der Waals surface area contributed by atoms with Crippen LogP contribution in [0.4, 0.5) is 0 Å². The van der Waals surface area contributed by atoms with Crippen molar-refractivity contribution in [3.63, 3.8) is 0 Å². The smallest absolute Gasteiger partial charge is 0.261 e. The van der Waals surface area contributed by atoms with E-state index in [0.717, 1.165) is 20.3 Å². The minimum atomic E-state index is -0.378. The Kier molecular flexibility index (Phi) is 7.50. The van der Waals surface area contributed by atoms with Crippen LogP contribution in [0.5, 0.6) is 5.75 Å². The molecule has 0 saturated carbocycles. The van der Waals surface area contributed by atoms with Crippen LogP contribution in [-0.2, 0) is 6.54 Å². The number of carbonyl (C=O) groups excluding carboxylic acids is 1. The lowest BCUT2D eigenvalue weighted by Gasteiger charge is -2.12. The summed E-state index contributed by atoms with van der Waals surface area (Å²) in [6, 6.07) is 15.1. The van der Waals surface area contributed by atoms with E-state index in [4.69, 9.17) is 21.4 Å². The Bertz CT molecular complexity index is 1050. The number of amides is 1. The molecular formula is C20H15Br3N2O3S. The van der Waals surface area contributed by atoms with Crippen molar-refractivity contribution >= 4 is 71.0 Å². The molecule has 3 aromatic rings. The number of nitrogens with one attached hydrogen (secondary N) is 2. The van der Waals surface area contributed by atoms with E-state index in [1.807, 2.05) is 36.4 Å². The molecule has 0 atom stereocenters. The van der Waals surface area contributed by atoms with E-state index in [0.29, 0.717) is 28.1 Å². The zero-order valence-corrected chi connectivity index (χ0v) is 20.7. The highest BCUT2D eigenvalue weighted by Crippen LogP contribution is 2.32. The number of halogens is 3. The van der Waals surface area contributed by atoms with Crippen molar-refractivity contribution in [1.29, 1.82) is 0 Å². The summed E-state index contributed by atoms with van der Waals surface area (Å²) in [5, 5.41) is 5.82. The van der Waals surface area contributed by atoms with Gasteiger partial charge in [-0.25, -0.2) is 0 Å². The Balaban J connectivity index is 1.61. The molecule has 0 radical (unpaired) electrons. The lowest BCUT2D eigenvalue weighted by atomic mass is 10.2. The van der Waals surface area contributed by atoms with Crippen LogP contribution in [0.25, 0.3) is 11.3 Å². The molecule has 2 aromatic carbocycles. The summed E-state index contributed by atoms with van der Waals surface area (Å²) in [6.45, 7) is 0.342. The van der Waals surface area contributed by atoms with Gasteiger partial charge in [-0.15, -0.1) is 0 Å². The predicted octanol–water partition coefficient (Wildman–Crippen LogP) is 6.05. The van der Waals surface area contributed by atoms with E-state index in [1.54, 1.807) is 12.1 Å². The maximum Gasteiger partial charge on any atom is 0.261 e. The van der Waals surface area contributed by atoms with Gasteiger partial charge in [0.1, 0.15) is 17.3 Å². The van der Waals surface area contributed by atoms with E-state index < -0.39 is 0 Å². The second kappa shape index (κ2) is 9.88. The van der Waals surface area contributed by atoms with Crippen molar-refractivity contribution in [3.05, 3.63) is 73.3 Å². The molecule has 0 unspecified atom stereocenters. The van der Waals surface area contributed by atoms with Crippen LogP contribution in [0.3, 0.4) is 0 Å². The number of hydrogen-bond acceptors (Lipinski definition) is 4. The van der Waals surface area contributed by atoms with Gasteiger partial charge in [0.05, 0.1) is 23.7 Å². The van der Waals surface area contributed by atoms with Gasteiger partial charge in [-0.2, -0.15) is 0 Å². The Morgan fingerprint density at radius 3 is 2.48 bits per heavy atom. The molecule has 1 amide bonds. The van der Waals surface area contributed by atoms with Gasteiger partial charge in [0, 0.05) is 14.5 Å². The summed E-state index contributed by atoms with van der Waals surface area (Å²) < 4.78 is 13.5. The highest BCUT2D eigenvalue weighted by molar-refractivity contribution is 9.11. The Labute approximate surface area is 198 Å². The minimum Gasteiger partial charge on any atom is -0.495 e. The van der Waals surface area contributed by atoms with Gasteiger partial charge in [0.25, 0.3) is 5.91 Å². The molecule has 1 aromatic heterocycles.